The van der Waals surface area contributed by atoms with Gasteiger partial charge in [0.1, 0.15) is 4.88 Å². The van der Waals surface area contributed by atoms with E-state index in [1.165, 1.54) is 11.3 Å². The minimum Gasteiger partial charge on any atom is -0.463 e. The van der Waals surface area contributed by atoms with E-state index in [4.69, 9.17) is 4.74 Å². The highest BCUT2D eigenvalue weighted by atomic mass is 32.1. The van der Waals surface area contributed by atoms with E-state index < -0.39 is 6.04 Å². The van der Waals surface area contributed by atoms with Crippen molar-refractivity contribution in [2.24, 2.45) is 0 Å². The standard InChI is InChI=1S/C20H26N2O3S/c1-13(2)25-17(23)11-15(14-9-7-6-8-10-14)22-18(24)16-12-21-19(26-16)20(3,4)5/h6-10,12-13,15H,11H2,1-5H3,(H,22,24). The molecule has 2 aromatic rings. The summed E-state index contributed by atoms with van der Waals surface area (Å²) in [5.74, 6) is -0.571. The molecule has 0 saturated carbocycles. The number of thiazole rings is 1. The lowest BCUT2D eigenvalue weighted by atomic mass is 9.98. The molecule has 0 radical (unpaired) electrons. The van der Waals surface area contributed by atoms with Crippen LogP contribution in [0.25, 0.3) is 0 Å². The van der Waals surface area contributed by atoms with Crippen LogP contribution in [0.3, 0.4) is 0 Å². The second-order valence-electron chi connectivity index (χ2n) is 7.46. The molecule has 1 amide bonds. The summed E-state index contributed by atoms with van der Waals surface area (Å²) < 4.78 is 5.24. The van der Waals surface area contributed by atoms with Crippen LogP contribution in [0.5, 0.6) is 0 Å². The van der Waals surface area contributed by atoms with Crippen LogP contribution in [0.4, 0.5) is 0 Å². The Bertz CT molecular complexity index is 748. The SMILES string of the molecule is CC(C)OC(=O)CC(NC(=O)c1cnc(C(C)(C)C)s1)c1ccccc1. The summed E-state index contributed by atoms with van der Waals surface area (Å²) in [5.41, 5.74) is 0.755. The van der Waals surface area contributed by atoms with E-state index in [2.05, 4.69) is 31.1 Å². The van der Waals surface area contributed by atoms with Crippen molar-refractivity contribution in [3.63, 3.8) is 0 Å². The number of rotatable bonds is 6. The minimum absolute atomic E-state index is 0.0822. The Balaban J connectivity index is 2.16. The van der Waals surface area contributed by atoms with Crippen molar-refractivity contribution in [3.05, 3.63) is 52.0 Å². The van der Waals surface area contributed by atoms with Gasteiger partial charge < -0.3 is 10.1 Å². The Hall–Kier alpha value is -2.21. The zero-order valence-electron chi connectivity index (χ0n) is 15.9. The summed E-state index contributed by atoms with van der Waals surface area (Å²) in [6, 6.07) is 8.99. The van der Waals surface area contributed by atoms with Crippen LogP contribution in [0.2, 0.25) is 0 Å². The van der Waals surface area contributed by atoms with Gasteiger partial charge in [-0.2, -0.15) is 0 Å². The zero-order chi connectivity index (χ0) is 19.3. The molecular weight excluding hydrogens is 348 g/mol. The van der Waals surface area contributed by atoms with Crippen molar-refractivity contribution >= 4 is 23.2 Å². The number of hydrogen-bond acceptors (Lipinski definition) is 5. The first-order chi connectivity index (χ1) is 12.2. The number of ether oxygens (including phenoxy) is 1. The molecule has 1 N–H and O–H groups in total. The molecule has 0 aliphatic rings. The van der Waals surface area contributed by atoms with Crippen molar-refractivity contribution in [3.8, 4) is 0 Å². The average molecular weight is 375 g/mol. The van der Waals surface area contributed by atoms with Crippen LogP contribution in [0.1, 0.15) is 67.3 Å². The molecule has 0 fully saturated rings. The zero-order valence-corrected chi connectivity index (χ0v) is 16.7. The fourth-order valence-corrected chi connectivity index (χ4v) is 3.25. The molecule has 1 aromatic heterocycles. The van der Waals surface area contributed by atoms with Gasteiger partial charge >= 0.3 is 5.97 Å². The quantitative estimate of drug-likeness (QED) is 0.768. The van der Waals surface area contributed by atoms with Gasteiger partial charge in [-0.3, -0.25) is 9.59 Å². The average Bonchev–Trinajstić information content (AvgIpc) is 3.04. The third kappa shape index (κ3) is 5.66. The van der Waals surface area contributed by atoms with Gasteiger partial charge in [-0.05, 0) is 19.4 Å². The van der Waals surface area contributed by atoms with Gasteiger partial charge in [-0.25, -0.2) is 4.98 Å². The Morgan fingerprint density at radius 1 is 1.19 bits per heavy atom. The van der Waals surface area contributed by atoms with Crippen LogP contribution in [-0.4, -0.2) is 23.0 Å². The summed E-state index contributed by atoms with van der Waals surface area (Å²) in [5, 5.41) is 3.85. The molecule has 26 heavy (non-hydrogen) atoms. The molecule has 5 nitrogen and oxygen atoms in total. The van der Waals surface area contributed by atoms with Crippen LogP contribution in [-0.2, 0) is 14.9 Å². The lowest BCUT2D eigenvalue weighted by Crippen LogP contribution is -2.30. The van der Waals surface area contributed by atoms with E-state index in [1.54, 1.807) is 20.0 Å². The maximum absolute atomic E-state index is 12.7. The monoisotopic (exact) mass is 374 g/mol. The summed E-state index contributed by atoms with van der Waals surface area (Å²) in [6.07, 6.45) is 1.49. The molecule has 6 heteroatoms. The van der Waals surface area contributed by atoms with E-state index in [1.807, 2.05) is 30.3 Å². The minimum atomic E-state index is -0.449. The van der Waals surface area contributed by atoms with Crippen molar-refractivity contribution in [2.75, 3.05) is 0 Å². The van der Waals surface area contributed by atoms with Gasteiger partial charge in [-0.15, -0.1) is 11.3 Å². The van der Waals surface area contributed by atoms with Crippen LogP contribution >= 0.6 is 11.3 Å². The van der Waals surface area contributed by atoms with Crippen LogP contribution in [0.15, 0.2) is 36.5 Å². The summed E-state index contributed by atoms with van der Waals surface area (Å²) in [7, 11) is 0. The van der Waals surface area contributed by atoms with Gasteiger partial charge in [0.2, 0.25) is 0 Å². The molecule has 2 rings (SSSR count). The molecule has 0 aliphatic carbocycles. The molecule has 1 unspecified atom stereocenters. The highest BCUT2D eigenvalue weighted by molar-refractivity contribution is 7.13. The predicted octanol–water partition coefficient (Wildman–Crippen LogP) is 4.25. The van der Waals surface area contributed by atoms with Crippen molar-refractivity contribution in [2.45, 2.75) is 58.6 Å². The number of amides is 1. The molecule has 1 atom stereocenters. The molecule has 1 aromatic carbocycles. The lowest BCUT2D eigenvalue weighted by molar-refractivity contribution is -0.147. The first kappa shape index (κ1) is 20.1. The molecule has 0 bridgehead atoms. The number of hydrogen-bond donors (Lipinski definition) is 1. The summed E-state index contributed by atoms with van der Waals surface area (Å²) >= 11 is 1.38. The normalized spacial score (nSPS) is 12.7. The number of esters is 1. The highest BCUT2D eigenvalue weighted by Crippen LogP contribution is 2.27. The Morgan fingerprint density at radius 2 is 1.85 bits per heavy atom. The van der Waals surface area contributed by atoms with Crippen molar-refractivity contribution in [1.29, 1.82) is 0 Å². The lowest BCUT2D eigenvalue weighted by Gasteiger charge is -2.19. The van der Waals surface area contributed by atoms with Gasteiger partial charge in [0.05, 0.1) is 29.8 Å². The number of carbonyl (C=O) groups excluding carboxylic acids is 2. The van der Waals surface area contributed by atoms with E-state index in [0.717, 1.165) is 10.6 Å². The molecule has 0 spiro atoms. The number of nitrogens with one attached hydrogen (secondary N) is 1. The van der Waals surface area contributed by atoms with Gasteiger partial charge in [0.25, 0.3) is 5.91 Å². The van der Waals surface area contributed by atoms with Crippen LogP contribution < -0.4 is 5.32 Å². The Kier molecular flexibility index (Phi) is 6.53. The van der Waals surface area contributed by atoms with Gasteiger partial charge in [0.15, 0.2) is 0 Å². The third-order valence-corrected chi connectivity index (χ3v) is 5.04. The summed E-state index contributed by atoms with van der Waals surface area (Å²) in [6.45, 7) is 9.78. The maximum atomic E-state index is 12.7. The second kappa shape index (κ2) is 8.45. The number of carbonyl (C=O) groups is 2. The molecule has 0 saturated heterocycles. The maximum Gasteiger partial charge on any atom is 0.308 e. The van der Waals surface area contributed by atoms with E-state index >= 15 is 0 Å². The first-order valence-electron chi connectivity index (χ1n) is 8.68. The highest BCUT2D eigenvalue weighted by Gasteiger charge is 2.24. The largest absolute Gasteiger partial charge is 0.463 e. The molecule has 1 heterocycles. The molecular formula is C20H26N2O3S. The second-order valence-corrected chi connectivity index (χ2v) is 8.49. The van der Waals surface area contributed by atoms with Crippen molar-refractivity contribution in [1.82, 2.24) is 10.3 Å². The molecule has 0 aliphatic heterocycles. The number of nitrogens with zero attached hydrogens (tertiary/aromatic N) is 1. The van der Waals surface area contributed by atoms with E-state index in [-0.39, 0.29) is 29.8 Å². The van der Waals surface area contributed by atoms with Crippen molar-refractivity contribution < 1.29 is 14.3 Å². The number of benzene rings is 1. The topological polar surface area (TPSA) is 68.3 Å². The van der Waals surface area contributed by atoms with Gasteiger partial charge in [-0.1, -0.05) is 51.1 Å². The first-order valence-corrected chi connectivity index (χ1v) is 9.50. The fraction of sp³-hybridized carbons (Fsp3) is 0.450. The van der Waals surface area contributed by atoms with Gasteiger partial charge in [0, 0.05) is 5.41 Å². The molecule has 140 valence electrons. The van der Waals surface area contributed by atoms with E-state index in [9.17, 15) is 9.59 Å². The summed E-state index contributed by atoms with van der Waals surface area (Å²) in [4.78, 5) is 29.7. The van der Waals surface area contributed by atoms with Crippen LogP contribution in [0, 0.1) is 0 Å². The number of aromatic nitrogens is 1. The Labute approximate surface area is 158 Å². The van der Waals surface area contributed by atoms with E-state index in [0.29, 0.717) is 4.88 Å². The fourth-order valence-electron chi connectivity index (χ4n) is 2.37. The predicted molar refractivity (Wildman–Crippen MR) is 103 cm³/mol. The Morgan fingerprint density at radius 3 is 2.38 bits per heavy atom. The third-order valence-electron chi connectivity index (χ3n) is 3.62. The smallest absolute Gasteiger partial charge is 0.308 e.